The molecule has 3 heterocycles. The number of nitrogens with zero attached hydrogens (tertiary/aromatic N) is 3. The molecule has 0 aliphatic rings. The van der Waals surface area contributed by atoms with E-state index >= 15 is 0 Å². The van der Waals surface area contributed by atoms with Gasteiger partial charge in [0.25, 0.3) is 0 Å². The van der Waals surface area contributed by atoms with Gasteiger partial charge < -0.3 is 0 Å². The van der Waals surface area contributed by atoms with Gasteiger partial charge in [-0.25, -0.2) is 4.98 Å². The van der Waals surface area contributed by atoms with Gasteiger partial charge in [0.05, 0.1) is 22.8 Å². The molecule has 0 radical (unpaired) electrons. The van der Waals surface area contributed by atoms with Crippen LogP contribution in [0.2, 0.25) is 0 Å². The van der Waals surface area contributed by atoms with Gasteiger partial charge in [-0.3, -0.25) is 9.97 Å². The summed E-state index contributed by atoms with van der Waals surface area (Å²) in [5.74, 6) is 0. The molecule has 115 valence electrons. The van der Waals surface area contributed by atoms with Crippen LogP contribution >= 0.6 is 29.1 Å². The van der Waals surface area contributed by atoms with Crippen molar-refractivity contribution in [1.82, 2.24) is 15.0 Å². The largest absolute Gasteiger partial charge is 0.255 e. The van der Waals surface area contributed by atoms with Crippen LogP contribution in [0.25, 0.3) is 22.8 Å². The van der Waals surface area contributed by atoms with E-state index in [1.165, 1.54) is 0 Å². The SMILES string of the molecule is [Cl][Ru]([Cl])[Cl].c1ccc(-c2cccc(-c3ccccn3)n2)nc1. The number of pyridine rings is 3. The standard InChI is InChI=1S/C15H11N3.3ClH.Ru/c1-3-10-16-12(6-1)14-8-5-9-15(18-14)13-7-2-4-11-17-13;;;;/h1-11H;3*1H;/q;;;;+3/p-3. The number of hydrogen-bond donors (Lipinski definition) is 0. The van der Waals surface area contributed by atoms with Crippen molar-refractivity contribution in [3.05, 3.63) is 67.0 Å². The van der Waals surface area contributed by atoms with Gasteiger partial charge in [-0.2, -0.15) is 0 Å². The summed E-state index contributed by atoms with van der Waals surface area (Å²) in [5.41, 5.74) is 3.46. The van der Waals surface area contributed by atoms with Crippen LogP contribution in [-0.4, -0.2) is 15.0 Å². The predicted octanol–water partition coefficient (Wildman–Crippen LogP) is 5.27. The fourth-order valence-corrected chi connectivity index (χ4v) is 1.75. The molecule has 0 saturated carbocycles. The summed E-state index contributed by atoms with van der Waals surface area (Å²) in [7, 11) is 14.8. The van der Waals surface area contributed by atoms with Crippen molar-refractivity contribution < 1.29 is 13.0 Å². The minimum atomic E-state index is -1.75. The van der Waals surface area contributed by atoms with Crippen LogP contribution in [0.5, 0.6) is 0 Å². The molecule has 22 heavy (non-hydrogen) atoms. The second-order valence-electron chi connectivity index (χ2n) is 3.99. The van der Waals surface area contributed by atoms with Crippen molar-refractivity contribution in [3.63, 3.8) is 0 Å². The molecular weight excluding hydrogens is 430 g/mol. The molecule has 3 rings (SSSR count). The van der Waals surface area contributed by atoms with E-state index < -0.39 is 13.0 Å². The van der Waals surface area contributed by atoms with Crippen molar-refractivity contribution in [2.24, 2.45) is 0 Å². The van der Waals surface area contributed by atoms with Crippen LogP contribution in [0.1, 0.15) is 0 Å². The molecule has 0 aromatic carbocycles. The molecule has 3 aromatic rings. The van der Waals surface area contributed by atoms with Gasteiger partial charge in [0.2, 0.25) is 0 Å². The zero-order valence-electron chi connectivity index (χ0n) is 11.2. The Morgan fingerprint density at radius 3 is 1.36 bits per heavy atom. The van der Waals surface area contributed by atoms with Crippen LogP contribution in [-0.2, 0) is 13.0 Å². The second-order valence-corrected chi connectivity index (χ2v) is 11.9. The third-order valence-corrected chi connectivity index (χ3v) is 2.60. The number of hydrogen-bond acceptors (Lipinski definition) is 3. The summed E-state index contributed by atoms with van der Waals surface area (Å²) in [5, 5.41) is 0. The van der Waals surface area contributed by atoms with E-state index in [2.05, 4.69) is 15.0 Å². The van der Waals surface area contributed by atoms with Crippen LogP contribution in [0.15, 0.2) is 67.0 Å². The molecular formula is C15H11Cl3N3Ru. The number of aromatic nitrogens is 3. The van der Waals surface area contributed by atoms with Gasteiger partial charge >= 0.3 is 42.1 Å². The summed E-state index contributed by atoms with van der Waals surface area (Å²) >= 11 is -1.75. The fraction of sp³-hybridized carbons (Fsp3) is 0. The summed E-state index contributed by atoms with van der Waals surface area (Å²) in [4.78, 5) is 13.2. The summed E-state index contributed by atoms with van der Waals surface area (Å²) in [6.07, 6.45) is 3.54. The summed E-state index contributed by atoms with van der Waals surface area (Å²) in [6, 6.07) is 17.5. The van der Waals surface area contributed by atoms with Crippen molar-refractivity contribution in [1.29, 1.82) is 0 Å². The molecule has 0 N–H and O–H groups in total. The number of halogens is 3. The molecule has 0 unspecified atom stereocenters. The van der Waals surface area contributed by atoms with E-state index in [0.717, 1.165) is 22.8 Å². The Labute approximate surface area is 146 Å². The average Bonchev–Trinajstić information content (AvgIpc) is 2.56. The molecule has 0 fully saturated rings. The van der Waals surface area contributed by atoms with Crippen LogP contribution in [0.4, 0.5) is 0 Å². The Morgan fingerprint density at radius 2 is 1.00 bits per heavy atom. The first-order valence-corrected chi connectivity index (χ1v) is 12.8. The summed E-state index contributed by atoms with van der Waals surface area (Å²) < 4.78 is 0. The first kappa shape index (κ1) is 17.3. The number of rotatable bonds is 2. The Morgan fingerprint density at radius 1 is 0.591 bits per heavy atom. The van der Waals surface area contributed by atoms with Gasteiger partial charge in [-0.15, -0.1) is 0 Å². The third kappa shape index (κ3) is 5.62. The van der Waals surface area contributed by atoms with E-state index in [-0.39, 0.29) is 0 Å². The van der Waals surface area contributed by atoms with Crippen LogP contribution in [0, 0.1) is 0 Å². The molecule has 0 atom stereocenters. The van der Waals surface area contributed by atoms with Gasteiger partial charge in [0, 0.05) is 12.4 Å². The Bertz CT molecular complexity index is 639. The maximum Gasteiger partial charge on any atom is 0.0894 e. The molecule has 3 aromatic heterocycles. The summed E-state index contributed by atoms with van der Waals surface area (Å²) in [6.45, 7) is 0. The maximum absolute atomic E-state index is 4.95. The monoisotopic (exact) mass is 440 g/mol. The van der Waals surface area contributed by atoms with Crippen molar-refractivity contribution in [3.8, 4) is 22.8 Å². The van der Waals surface area contributed by atoms with Crippen molar-refractivity contribution in [2.45, 2.75) is 0 Å². The molecule has 0 saturated heterocycles. The molecule has 0 aliphatic carbocycles. The third-order valence-electron chi connectivity index (χ3n) is 2.60. The Balaban J connectivity index is 0.000000396. The molecule has 0 bridgehead atoms. The molecule has 7 heteroatoms. The quantitative estimate of drug-likeness (QED) is 0.510. The van der Waals surface area contributed by atoms with E-state index in [9.17, 15) is 0 Å². The van der Waals surface area contributed by atoms with E-state index in [1.54, 1.807) is 12.4 Å². The maximum atomic E-state index is 4.95. The van der Waals surface area contributed by atoms with Crippen molar-refractivity contribution >= 4 is 29.1 Å². The second kappa shape index (κ2) is 9.17. The molecule has 3 nitrogen and oxygen atoms in total. The topological polar surface area (TPSA) is 38.7 Å². The van der Waals surface area contributed by atoms with Gasteiger partial charge in [0.1, 0.15) is 0 Å². The average molecular weight is 441 g/mol. The van der Waals surface area contributed by atoms with Crippen molar-refractivity contribution in [2.75, 3.05) is 0 Å². The Kier molecular flexibility index (Phi) is 7.21. The van der Waals surface area contributed by atoms with Crippen LogP contribution in [0.3, 0.4) is 0 Å². The first-order chi connectivity index (χ1) is 10.7. The van der Waals surface area contributed by atoms with Crippen LogP contribution < -0.4 is 0 Å². The zero-order valence-corrected chi connectivity index (χ0v) is 15.2. The zero-order chi connectivity index (χ0) is 15.8. The molecule has 0 spiro atoms. The van der Waals surface area contributed by atoms with Gasteiger partial charge in [-0.1, -0.05) is 18.2 Å². The normalized spacial score (nSPS) is 10.4. The molecule has 0 amide bonds. The first-order valence-electron chi connectivity index (χ1n) is 6.13. The van der Waals surface area contributed by atoms with Gasteiger partial charge in [-0.05, 0) is 36.4 Å². The van der Waals surface area contributed by atoms with Gasteiger partial charge in [0.15, 0.2) is 0 Å². The minimum absolute atomic E-state index is 0.860. The smallest absolute Gasteiger partial charge is 0.0894 e. The van der Waals surface area contributed by atoms with E-state index in [0.29, 0.717) is 0 Å². The van der Waals surface area contributed by atoms with E-state index in [4.69, 9.17) is 29.1 Å². The Hall–Kier alpha value is -1.06. The minimum Gasteiger partial charge on any atom is -0.255 e. The molecule has 0 aliphatic heterocycles. The predicted molar refractivity (Wildman–Crippen MR) is 88.3 cm³/mol. The van der Waals surface area contributed by atoms with E-state index in [1.807, 2.05) is 54.6 Å². The fourth-order valence-electron chi connectivity index (χ4n) is 1.75.